The van der Waals surface area contributed by atoms with Crippen LogP contribution in [0.5, 0.6) is 0 Å². The van der Waals surface area contributed by atoms with Gasteiger partial charge in [0.25, 0.3) is 0 Å². The standard InChI is InChI=1S/C10H22BrN/c1-10(2)6-9-12(3)8-5-4-7-11/h10H,4-9H2,1-3H3. The Morgan fingerprint density at radius 2 is 1.83 bits per heavy atom. The molecule has 0 unspecified atom stereocenters. The first kappa shape index (κ1) is 12.4. The predicted octanol–water partition coefficient (Wildman–Crippen LogP) is 3.14. The molecule has 0 aliphatic rings. The summed E-state index contributed by atoms with van der Waals surface area (Å²) in [7, 11) is 2.22. The van der Waals surface area contributed by atoms with Crippen LogP contribution in [0.15, 0.2) is 0 Å². The number of nitrogens with zero attached hydrogens (tertiary/aromatic N) is 1. The highest BCUT2D eigenvalue weighted by Crippen LogP contribution is 2.02. The first-order valence-corrected chi connectivity index (χ1v) is 6.03. The highest BCUT2D eigenvalue weighted by atomic mass is 79.9. The van der Waals surface area contributed by atoms with Crippen molar-refractivity contribution in [1.82, 2.24) is 4.90 Å². The van der Waals surface area contributed by atoms with Gasteiger partial charge in [0.1, 0.15) is 0 Å². The average molecular weight is 236 g/mol. The van der Waals surface area contributed by atoms with Crippen molar-refractivity contribution in [3.8, 4) is 0 Å². The third kappa shape index (κ3) is 8.54. The van der Waals surface area contributed by atoms with Crippen LogP contribution in [-0.4, -0.2) is 30.4 Å². The molecule has 0 aromatic carbocycles. The van der Waals surface area contributed by atoms with Gasteiger partial charge in [-0.1, -0.05) is 29.8 Å². The van der Waals surface area contributed by atoms with E-state index in [4.69, 9.17) is 0 Å². The van der Waals surface area contributed by atoms with Crippen LogP contribution in [0.1, 0.15) is 33.1 Å². The molecule has 12 heavy (non-hydrogen) atoms. The van der Waals surface area contributed by atoms with Gasteiger partial charge in [0, 0.05) is 5.33 Å². The number of unbranched alkanes of at least 4 members (excludes halogenated alkanes) is 1. The highest BCUT2D eigenvalue weighted by Gasteiger charge is 1.99. The van der Waals surface area contributed by atoms with Gasteiger partial charge < -0.3 is 4.90 Å². The Morgan fingerprint density at radius 3 is 2.33 bits per heavy atom. The first-order chi connectivity index (χ1) is 5.66. The van der Waals surface area contributed by atoms with Crippen molar-refractivity contribution < 1.29 is 0 Å². The van der Waals surface area contributed by atoms with Crippen LogP contribution in [0.4, 0.5) is 0 Å². The minimum atomic E-state index is 0.837. The van der Waals surface area contributed by atoms with Crippen molar-refractivity contribution in [2.24, 2.45) is 5.92 Å². The Hall–Kier alpha value is 0.440. The maximum absolute atomic E-state index is 3.44. The Kier molecular flexibility index (Phi) is 8.35. The summed E-state index contributed by atoms with van der Waals surface area (Å²) in [6.07, 6.45) is 3.94. The topological polar surface area (TPSA) is 3.24 Å². The molecule has 0 aliphatic carbocycles. The van der Waals surface area contributed by atoms with E-state index in [2.05, 4.69) is 41.7 Å². The monoisotopic (exact) mass is 235 g/mol. The largest absolute Gasteiger partial charge is 0.306 e. The zero-order valence-electron chi connectivity index (χ0n) is 8.65. The molecule has 0 aliphatic heterocycles. The second kappa shape index (κ2) is 8.06. The van der Waals surface area contributed by atoms with Gasteiger partial charge >= 0.3 is 0 Å². The number of hydrogen-bond acceptors (Lipinski definition) is 1. The number of halogens is 1. The van der Waals surface area contributed by atoms with Gasteiger partial charge in [-0.3, -0.25) is 0 Å². The molecule has 0 aromatic rings. The van der Waals surface area contributed by atoms with Gasteiger partial charge in [-0.2, -0.15) is 0 Å². The zero-order chi connectivity index (χ0) is 9.40. The van der Waals surface area contributed by atoms with Crippen LogP contribution in [0.25, 0.3) is 0 Å². The van der Waals surface area contributed by atoms with E-state index < -0.39 is 0 Å². The van der Waals surface area contributed by atoms with Crippen LogP contribution >= 0.6 is 15.9 Å². The van der Waals surface area contributed by atoms with Gasteiger partial charge in [0.15, 0.2) is 0 Å². The molecular weight excluding hydrogens is 214 g/mol. The molecule has 0 atom stereocenters. The van der Waals surface area contributed by atoms with Crippen molar-refractivity contribution in [2.45, 2.75) is 33.1 Å². The molecule has 1 nitrogen and oxygen atoms in total. The summed E-state index contributed by atoms with van der Waals surface area (Å²) in [6.45, 7) is 7.07. The Bertz CT molecular complexity index is 93.8. The van der Waals surface area contributed by atoms with Crippen molar-refractivity contribution in [2.75, 3.05) is 25.5 Å². The number of rotatable bonds is 7. The smallest absolute Gasteiger partial charge is 0.00317 e. The highest BCUT2D eigenvalue weighted by molar-refractivity contribution is 9.09. The van der Waals surface area contributed by atoms with E-state index >= 15 is 0 Å². The lowest BCUT2D eigenvalue weighted by Gasteiger charge is -2.17. The molecule has 0 amide bonds. The van der Waals surface area contributed by atoms with Gasteiger partial charge in [-0.25, -0.2) is 0 Å². The van der Waals surface area contributed by atoms with Gasteiger partial charge in [-0.15, -0.1) is 0 Å². The maximum Gasteiger partial charge on any atom is 0.00317 e. The van der Waals surface area contributed by atoms with Crippen LogP contribution in [0.2, 0.25) is 0 Å². The molecule has 0 bridgehead atoms. The van der Waals surface area contributed by atoms with E-state index in [1.165, 1.54) is 32.4 Å². The summed E-state index contributed by atoms with van der Waals surface area (Å²) in [6, 6.07) is 0. The molecule has 0 radical (unpaired) electrons. The lowest BCUT2D eigenvalue weighted by molar-refractivity contribution is 0.306. The number of hydrogen-bond donors (Lipinski definition) is 0. The van der Waals surface area contributed by atoms with Crippen molar-refractivity contribution in [1.29, 1.82) is 0 Å². The molecule has 0 saturated carbocycles. The van der Waals surface area contributed by atoms with Crippen molar-refractivity contribution in [3.05, 3.63) is 0 Å². The summed E-state index contributed by atoms with van der Waals surface area (Å²) < 4.78 is 0. The second-order valence-electron chi connectivity index (χ2n) is 3.88. The molecule has 74 valence electrons. The molecule has 2 heteroatoms. The lowest BCUT2D eigenvalue weighted by atomic mass is 10.1. The SMILES string of the molecule is CC(C)CCN(C)CCCCBr. The van der Waals surface area contributed by atoms with Crippen LogP contribution in [0, 0.1) is 5.92 Å². The van der Waals surface area contributed by atoms with Crippen LogP contribution in [-0.2, 0) is 0 Å². The quantitative estimate of drug-likeness (QED) is 0.485. The fourth-order valence-electron chi connectivity index (χ4n) is 1.07. The third-order valence-electron chi connectivity index (χ3n) is 2.01. The Balaban J connectivity index is 3.15. The van der Waals surface area contributed by atoms with Crippen molar-refractivity contribution in [3.63, 3.8) is 0 Å². The van der Waals surface area contributed by atoms with E-state index in [1.54, 1.807) is 0 Å². The van der Waals surface area contributed by atoms with Gasteiger partial charge in [0.05, 0.1) is 0 Å². The molecule has 0 fully saturated rings. The maximum atomic E-state index is 3.44. The van der Waals surface area contributed by atoms with Crippen molar-refractivity contribution >= 4 is 15.9 Å². The Morgan fingerprint density at radius 1 is 1.17 bits per heavy atom. The van der Waals surface area contributed by atoms with E-state index in [0.29, 0.717) is 0 Å². The molecular formula is C10H22BrN. The van der Waals surface area contributed by atoms with Gasteiger partial charge in [0.2, 0.25) is 0 Å². The molecule has 0 saturated heterocycles. The summed E-state index contributed by atoms with van der Waals surface area (Å²) in [5.74, 6) is 0.837. The van der Waals surface area contributed by atoms with E-state index in [-0.39, 0.29) is 0 Å². The average Bonchev–Trinajstić information content (AvgIpc) is 2.01. The molecule has 0 N–H and O–H groups in total. The zero-order valence-corrected chi connectivity index (χ0v) is 10.2. The number of alkyl halides is 1. The molecule has 0 aromatic heterocycles. The lowest BCUT2D eigenvalue weighted by Crippen LogP contribution is -2.22. The molecule has 0 rings (SSSR count). The molecule has 0 heterocycles. The minimum absolute atomic E-state index is 0.837. The Labute approximate surface area is 85.7 Å². The second-order valence-corrected chi connectivity index (χ2v) is 4.67. The van der Waals surface area contributed by atoms with Crippen LogP contribution < -0.4 is 0 Å². The summed E-state index contributed by atoms with van der Waals surface area (Å²) in [5.41, 5.74) is 0. The first-order valence-electron chi connectivity index (χ1n) is 4.91. The van der Waals surface area contributed by atoms with E-state index in [9.17, 15) is 0 Å². The fraction of sp³-hybridized carbons (Fsp3) is 1.00. The third-order valence-corrected chi connectivity index (χ3v) is 2.57. The van der Waals surface area contributed by atoms with Crippen LogP contribution in [0.3, 0.4) is 0 Å². The normalized spacial score (nSPS) is 11.5. The summed E-state index contributed by atoms with van der Waals surface area (Å²) in [5, 5.41) is 1.14. The molecule has 0 spiro atoms. The van der Waals surface area contributed by atoms with E-state index in [1.807, 2.05) is 0 Å². The minimum Gasteiger partial charge on any atom is -0.306 e. The summed E-state index contributed by atoms with van der Waals surface area (Å²) >= 11 is 3.44. The van der Waals surface area contributed by atoms with E-state index in [0.717, 1.165) is 11.2 Å². The fourth-order valence-corrected chi connectivity index (χ4v) is 1.46. The predicted molar refractivity (Wildman–Crippen MR) is 60.0 cm³/mol. The summed E-state index contributed by atoms with van der Waals surface area (Å²) in [4.78, 5) is 2.43. The van der Waals surface area contributed by atoms with Gasteiger partial charge in [-0.05, 0) is 45.3 Å².